The number of amides is 1. The molecule has 0 aromatic heterocycles. The third-order valence-electron chi connectivity index (χ3n) is 1.51. The van der Waals surface area contributed by atoms with Gasteiger partial charge in [-0.1, -0.05) is 6.92 Å². The van der Waals surface area contributed by atoms with Crippen LogP contribution in [0.15, 0.2) is 0 Å². The number of rotatable bonds is 1. The van der Waals surface area contributed by atoms with E-state index in [-0.39, 0.29) is 11.8 Å². The van der Waals surface area contributed by atoms with Crippen LogP contribution in [0.25, 0.3) is 0 Å². The standard InChI is InChI=1S/C6H10NO/c1-2-5-3-4-7-6(5)8/h5H,1-4H2,(H,7,8). The SMILES string of the molecule is [CH2]CC1CCNC1=O. The summed E-state index contributed by atoms with van der Waals surface area (Å²) in [5, 5.41) is 2.74. The van der Waals surface area contributed by atoms with Crippen LogP contribution in [0.5, 0.6) is 0 Å². The maximum absolute atomic E-state index is 10.7. The summed E-state index contributed by atoms with van der Waals surface area (Å²) in [5.41, 5.74) is 0. The van der Waals surface area contributed by atoms with Gasteiger partial charge in [0.1, 0.15) is 0 Å². The average Bonchev–Trinajstić information content (AvgIpc) is 2.14. The van der Waals surface area contributed by atoms with Crippen LogP contribution >= 0.6 is 0 Å². The predicted octanol–water partition coefficient (Wildman–Crippen LogP) is 0.347. The summed E-state index contributed by atoms with van der Waals surface area (Å²) in [5.74, 6) is 0.384. The predicted molar refractivity (Wildman–Crippen MR) is 31.1 cm³/mol. The molecule has 1 saturated heterocycles. The fourth-order valence-corrected chi connectivity index (χ4v) is 0.920. The molecular weight excluding hydrogens is 102 g/mol. The first-order valence-corrected chi connectivity index (χ1v) is 2.91. The highest BCUT2D eigenvalue weighted by Crippen LogP contribution is 2.11. The van der Waals surface area contributed by atoms with Gasteiger partial charge in [-0.25, -0.2) is 0 Å². The maximum Gasteiger partial charge on any atom is 0.223 e. The number of carbonyl (C=O) groups is 1. The molecule has 0 aliphatic carbocycles. The van der Waals surface area contributed by atoms with Crippen molar-refractivity contribution >= 4 is 5.91 Å². The highest BCUT2D eigenvalue weighted by atomic mass is 16.2. The van der Waals surface area contributed by atoms with Crippen molar-refractivity contribution in [2.75, 3.05) is 6.54 Å². The Morgan fingerprint density at radius 1 is 1.88 bits per heavy atom. The van der Waals surface area contributed by atoms with Crippen LogP contribution in [-0.4, -0.2) is 12.5 Å². The van der Waals surface area contributed by atoms with E-state index < -0.39 is 0 Å². The Kier molecular flexibility index (Phi) is 1.51. The summed E-state index contributed by atoms with van der Waals surface area (Å²) < 4.78 is 0. The Balaban J connectivity index is 2.42. The van der Waals surface area contributed by atoms with E-state index in [0.29, 0.717) is 0 Å². The van der Waals surface area contributed by atoms with E-state index in [1.54, 1.807) is 0 Å². The van der Waals surface area contributed by atoms with Crippen LogP contribution in [0, 0.1) is 12.8 Å². The molecule has 1 atom stereocenters. The van der Waals surface area contributed by atoms with Crippen LogP contribution in [0.1, 0.15) is 12.8 Å². The molecule has 1 radical (unpaired) electrons. The molecule has 2 heteroatoms. The average molecular weight is 112 g/mol. The van der Waals surface area contributed by atoms with Gasteiger partial charge in [-0.3, -0.25) is 4.79 Å². The van der Waals surface area contributed by atoms with E-state index in [1.165, 1.54) is 0 Å². The molecule has 1 aliphatic heterocycles. The van der Waals surface area contributed by atoms with E-state index >= 15 is 0 Å². The molecule has 1 amide bonds. The minimum atomic E-state index is 0.181. The first kappa shape index (κ1) is 5.60. The van der Waals surface area contributed by atoms with Crippen LogP contribution in [0.2, 0.25) is 0 Å². The zero-order valence-corrected chi connectivity index (χ0v) is 4.81. The second kappa shape index (κ2) is 2.16. The molecule has 0 spiro atoms. The smallest absolute Gasteiger partial charge is 0.223 e. The molecule has 0 aromatic carbocycles. The number of carbonyl (C=O) groups excluding carboxylic acids is 1. The van der Waals surface area contributed by atoms with E-state index in [1.807, 2.05) is 0 Å². The van der Waals surface area contributed by atoms with Crippen molar-refractivity contribution < 1.29 is 4.79 Å². The van der Waals surface area contributed by atoms with E-state index in [2.05, 4.69) is 12.2 Å². The summed E-state index contributed by atoms with van der Waals surface area (Å²) in [6.07, 6.45) is 1.72. The van der Waals surface area contributed by atoms with E-state index in [4.69, 9.17) is 0 Å². The Hall–Kier alpha value is -0.530. The second-order valence-electron chi connectivity index (χ2n) is 2.07. The second-order valence-corrected chi connectivity index (χ2v) is 2.07. The summed E-state index contributed by atoms with van der Waals surface area (Å²) >= 11 is 0. The lowest BCUT2D eigenvalue weighted by Gasteiger charge is -1.97. The quantitative estimate of drug-likeness (QED) is 0.521. The van der Waals surface area contributed by atoms with Gasteiger partial charge >= 0.3 is 0 Å². The first-order chi connectivity index (χ1) is 3.84. The highest BCUT2D eigenvalue weighted by molar-refractivity contribution is 5.80. The van der Waals surface area contributed by atoms with Crippen LogP contribution in [0.4, 0.5) is 0 Å². The molecule has 0 bridgehead atoms. The zero-order chi connectivity index (χ0) is 5.98. The van der Waals surface area contributed by atoms with Crippen molar-refractivity contribution in [3.63, 3.8) is 0 Å². The molecule has 0 saturated carbocycles. The number of hydrogen-bond acceptors (Lipinski definition) is 1. The lowest BCUT2D eigenvalue weighted by atomic mass is 10.1. The van der Waals surface area contributed by atoms with Crippen molar-refractivity contribution in [2.24, 2.45) is 5.92 Å². The number of nitrogens with one attached hydrogen (secondary N) is 1. The molecule has 2 nitrogen and oxygen atoms in total. The molecular formula is C6H10NO. The third kappa shape index (κ3) is 0.831. The Morgan fingerprint density at radius 2 is 2.62 bits per heavy atom. The largest absolute Gasteiger partial charge is 0.356 e. The minimum Gasteiger partial charge on any atom is -0.356 e. The minimum absolute atomic E-state index is 0.181. The number of hydrogen-bond donors (Lipinski definition) is 1. The molecule has 1 heterocycles. The maximum atomic E-state index is 10.7. The molecule has 1 N–H and O–H groups in total. The van der Waals surface area contributed by atoms with E-state index in [9.17, 15) is 4.79 Å². The van der Waals surface area contributed by atoms with Gasteiger partial charge in [0.25, 0.3) is 0 Å². The van der Waals surface area contributed by atoms with Crippen LogP contribution < -0.4 is 5.32 Å². The lowest BCUT2D eigenvalue weighted by molar-refractivity contribution is -0.122. The Bertz CT molecular complexity index is 101. The normalized spacial score (nSPS) is 28.1. The Morgan fingerprint density at radius 3 is 2.88 bits per heavy atom. The molecule has 45 valence electrons. The molecule has 1 aliphatic rings. The van der Waals surface area contributed by atoms with Crippen LogP contribution in [-0.2, 0) is 4.79 Å². The van der Waals surface area contributed by atoms with Crippen LogP contribution in [0.3, 0.4) is 0 Å². The fourth-order valence-electron chi connectivity index (χ4n) is 0.920. The van der Waals surface area contributed by atoms with Crippen molar-refractivity contribution in [3.05, 3.63) is 6.92 Å². The van der Waals surface area contributed by atoms with Gasteiger partial charge < -0.3 is 5.32 Å². The summed E-state index contributed by atoms with van der Waals surface area (Å²) in [4.78, 5) is 10.7. The fraction of sp³-hybridized carbons (Fsp3) is 0.667. The molecule has 1 rings (SSSR count). The van der Waals surface area contributed by atoms with Gasteiger partial charge in [0.05, 0.1) is 0 Å². The van der Waals surface area contributed by atoms with Gasteiger partial charge in [-0.05, 0) is 12.8 Å². The van der Waals surface area contributed by atoms with E-state index in [0.717, 1.165) is 19.4 Å². The third-order valence-corrected chi connectivity index (χ3v) is 1.51. The van der Waals surface area contributed by atoms with Gasteiger partial charge in [0, 0.05) is 12.5 Å². The van der Waals surface area contributed by atoms with Crippen molar-refractivity contribution in [1.29, 1.82) is 0 Å². The summed E-state index contributed by atoms with van der Waals surface area (Å²) in [6, 6.07) is 0. The first-order valence-electron chi connectivity index (χ1n) is 2.91. The molecule has 1 unspecified atom stereocenters. The van der Waals surface area contributed by atoms with Gasteiger partial charge in [0.2, 0.25) is 5.91 Å². The van der Waals surface area contributed by atoms with Gasteiger partial charge in [0.15, 0.2) is 0 Å². The lowest BCUT2D eigenvalue weighted by Crippen LogP contribution is -2.18. The molecule has 1 fully saturated rings. The van der Waals surface area contributed by atoms with Crippen molar-refractivity contribution in [1.82, 2.24) is 5.32 Å². The highest BCUT2D eigenvalue weighted by Gasteiger charge is 2.20. The summed E-state index contributed by atoms with van der Waals surface area (Å²) in [7, 11) is 0. The Labute approximate surface area is 49.3 Å². The molecule has 0 aromatic rings. The topological polar surface area (TPSA) is 29.1 Å². The van der Waals surface area contributed by atoms with Crippen molar-refractivity contribution in [3.8, 4) is 0 Å². The van der Waals surface area contributed by atoms with Crippen molar-refractivity contribution in [2.45, 2.75) is 12.8 Å². The summed E-state index contributed by atoms with van der Waals surface area (Å²) in [6.45, 7) is 4.50. The van der Waals surface area contributed by atoms with Gasteiger partial charge in [-0.15, -0.1) is 0 Å². The molecule has 8 heavy (non-hydrogen) atoms. The zero-order valence-electron chi connectivity index (χ0n) is 4.81. The van der Waals surface area contributed by atoms with Gasteiger partial charge in [-0.2, -0.15) is 0 Å². The monoisotopic (exact) mass is 112 g/mol.